The van der Waals surface area contributed by atoms with E-state index in [-0.39, 0.29) is 24.4 Å². The van der Waals surface area contributed by atoms with Crippen LogP contribution < -0.4 is 9.21 Å². The van der Waals surface area contributed by atoms with E-state index in [2.05, 4.69) is 9.98 Å². The maximum Gasteiger partial charge on any atom is 0.498 e. The molecule has 152 valence electrons. The summed E-state index contributed by atoms with van der Waals surface area (Å²) in [6.07, 6.45) is -2.18. The second-order valence-corrected chi connectivity index (χ2v) is 7.26. The molecule has 0 spiro atoms. The number of rotatable bonds is 3. The Balaban J connectivity index is 1.71. The molecule has 2 N–H and O–H groups in total. The quantitative estimate of drug-likeness (QED) is 0.577. The molecule has 1 fully saturated rings. The van der Waals surface area contributed by atoms with Gasteiger partial charge in [-0.3, -0.25) is 14.3 Å². The topological polar surface area (TPSA) is 106 Å². The molecule has 12 heteroatoms. The standard InChI is InChI=1S/C17H13F3N4O4S/c18-17(19,20)24(29(27)28)11-3-1-10(2-4-11)23-8-6-16(26)14(25)12-5-7-21-9-13(12)22-15(16)23/h1-5,7,9,26H,6,8H2,(H,27,28). The number of nitrogens with zero attached hydrogens (tertiary/aromatic N) is 4. The van der Waals surface area contributed by atoms with Gasteiger partial charge in [-0.05, 0) is 30.3 Å². The van der Waals surface area contributed by atoms with Gasteiger partial charge in [0.25, 0.3) is 11.3 Å². The number of alkyl halides is 3. The fraction of sp³-hybridized carbons (Fsp3) is 0.235. The van der Waals surface area contributed by atoms with Gasteiger partial charge in [0, 0.05) is 24.8 Å². The molecule has 2 aliphatic heterocycles. The number of carbonyl (C=O) groups is 1. The van der Waals surface area contributed by atoms with Crippen LogP contribution in [0.2, 0.25) is 0 Å². The fourth-order valence-corrected chi connectivity index (χ4v) is 3.91. The van der Waals surface area contributed by atoms with Gasteiger partial charge in [-0.2, -0.15) is 4.31 Å². The van der Waals surface area contributed by atoms with Gasteiger partial charge < -0.3 is 10.0 Å². The monoisotopic (exact) mass is 426 g/mol. The third-order valence-electron chi connectivity index (χ3n) is 4.75. The Kier molecular flexibility index (Phi) is 4.44. The third kappa shape index (κ3) is 3.09. The lowest BCUT2D eigenvalue weighted by atomic mass is 9.88. The van der Waals surface area contributed by atoms with E-state index in [9.17, 15) is 27.3 Å². The highest BCUT2D eigenvalue weighted by molar-refractivity contribution is 7.80. The van der Waals surface area contributed by atoms with Crippen molar-refractivity contribution in [2.45, 2.75) is 18.3 Å². The number of ketones is 1. The van der Waals surface area contributed by atoms with Crippen molar-refractivity contribution in [2.24, 2.45) is 4.99 Å². The number of aromatic nitrogens is 1. The second-order valence-electron chi connectivity index (χ2n) is 6.43. The SMILES string of the molecule is O=C1c2ccncc2N=C2N(c3ccc(N(S(=O)O)C(F)(F)F)cc3)CCC12O. The number of carbonyl (C=O) groups excluding carboxylic acids is 1. The molecule has 1 saturated heterocycles. The van der Waals surface area contributed by atoms with Crippen molar-refractivity contribution in [3.8, 4) is 0 Å². The summed E-state index contributed by atoms with van der Waals surface area (Å²) in [5.74, 6) is -0.452. The minimum absolute atomic E-state index is 0.0590. The number of aliphatic imine (C=N–C) groups is 1. The van der Waals surface area contributed by atoms with E-state index >= 15 is 0 Å². The smallest absolute Gasteiger partial charge is 0.374 e. The van der Waals surface area contributed by atoms with Crippen molar-refractivity contribution in [2.75, 3.05) is 15.7 Å². The van der Waals surface area contributed by atoms with Gasteiger partial charge in [-0.15, -0.1) is 13.2 Å². The first-order valence-corrected chi connectivity index (χ1v) is 9.35. The predicted molar refractivity (Wildman–Crippen MR) is 98.3 cm³/mol. The van der Waals surface area contributed by atoms with E-state index < -0.39 is 38.9 Å². The molecule has 2 unspecified atom stereocenters. The van der Waals surface area contributed by atoms with Gasteiger partial charge >= 0.3 is 6.30 Å². The highest BCUT2D eigenvalue weighted by atomic mass is 32.2. The molecule has 2 aliphatic rings. The van der Waals surface area contributed by atoms with Crippen LogP contribution in [-0.4, -0.2) is 48.9 Å². The highest BCUT2D eigenvalue weighted by Gasteiger charge is 2.52. The molecule has 0 amide bonds. The minimum atomic E-state index is -5.05. The Labute approximate surface area is 164 Å². The van der Waals surface area contributed by atoms with E-state index in [0.717, 1.165) is 12.1 Å². The molecule has 4 rings (SSSR count). The van der Waals surface area contributed by atoms with E-state index in [4.69, 9.17) is 4.55 Å². The molecule has 3 heterocycles. The van der Waals surface area contributed by atoms with Crippen LogP contribution in [0.4, 0.5) is 30.2 Å². The van der Waals surface area contributed by atoms with Crippen LogP contribution >= 0.6 is 0 Å². The highest BCUT2D eigenvalue weighted by Crippen LogP contribution is 2.39. The Morgan fingerprint density at radius 3 is 2.52 bits per heavy atom. The summed E-state index contributed by atoms with van der Waals surface area (Å²) in [5.41, 5.74) is -1.46. The van der Waals surface area contributed by atoms with E-state index in [1.54, 1.807) is 0 Å². The number of anilines is 2. The van der Waals surface area contributed by atoms with Crippen molar-refractivity contribution < 1.29 is 31.8 Å². The normalized spacial score (nSPS) is 22.0. The third-order valence-corrected chi connectivity index (χ3v) is 5.48. The molecule has 0 aliphatic carbocycles. The molecule has 1 aromatic heterocycles. The van der Waals surface area contributed by atoms with Gasteiger partial charge in [0.15, 0.2) is 5.60 Å². The molecule has 0 radical (unpaired) electrons. The van der Waals surface area contributed by atoms with Crippen molar-refractivity contribution in [1.82, 2.24) is 4.98 Å². The van der Waals surface area contributed by atoms with Crippen LogP contribution in [0.25, 0.3) is 0 Å². The van der Waals surface area contributed by atoms with Gasteiger partial charge in [0.05, 0.1) is 23.1 Å². The van der Waals surface area contributed by atoms with Crippen molar-refractivity contribution in [1.29, 1.82) is 0 Å². The van der Waals surface area contributed by atoms with Gasteiger partial charge in [-0.25, -0.2) is 9.20 Å². The number of halogens is 3. The minimum Gasteiger partial charge on any atom is -0.374 e. The maximum absolute atomic E-state index is 13.0. The van der Waals surface area contributed by atoms with E-state index in [0.29, 0.717) is 11.4 Å². The number of hydrogen-bond donors (Lipinski definition) is 2. The van der Waals surface area contributed by atoms with Crippen molar-refractivity contribution >= 4 is 39.9 Å². The lowest BCUT2D eigenvalue weighted by molar-refractivity contribution is -0.115. The zero-order valence-corrected chi connectivity index (χ0v) is 15.3. The molecule has 1 aromatic carbocycles. The molecule has 2 atom stereocenters. The number of aliphatic hydroxyl groups is 1. The zero-order valence-electron chi connectivity index (χ0n) is 14.5. The number of fused-ring (bicyclic) bond motifs is 2. The number of pyridine rings is 1. The largest absolute Gasteiger partial charge is 0.498 e. The van der Waals surface area contributed by atoms with E-state index in [1.165, 1.54) is 35.5 Å². The van der Waals surface area contributed by atoms with E-state index in [1.807, 2.05) is 0 Å². The number of amidine groups is 1. The van der Waals surface area contributed by atoms with Crippen LogP contribution in [0.15, 0.2) is 47.7 Å². The van der Waals surface area contributed by atoms with Crippen molar-refractivity contribution in [3.63, 3.8) is 0 Å². The summed E-state index contributed by atoms with van der Waals surface area (Å²) in [7, 11) is 0. The first-order valence-electron chi connectivity index (χ1n) is 8.29. The second kappa shape index (κ2) is 6.61. The average molecular weight is 426 g/mol. The van der Waals surface area contributed by atoms with Crippen LogP contribution in [0, 0.1) is 0 Å². The molecule has 8 nitrogen and oxygen atoms in total. The molecular formula is C17H13F3N4O4S. The lowest BCUT2D eigenvalue weighted by Gasteiger charge is -2.29. The maximum atomic E-state index is 13.0. The number of hydrogen-bond acceptors (Lipinski definition) is 6. The van der Waals surface area contributed by atoms with Gasteiger partial charge in [0.1, 0.15) is 5.84 Å². The summed E-state index contributed by atoms with van der Waals surface area (Å²) < 4.78 is 58.4. The van der Waals surface area contributed by atoms with Crippen LogP contribution in [-0.2, 0) is 11.3 Å². The summed E-state index contributed by atoms with van der Waals surface area (Å²) in [6, 6.07) is 6.09. The summed E-state index contributed by atoms with van der Waals surface area (Å²) in [5, 5.41) is 10.9. The zero-order chi connectivity index (χ0) is 21.0. The summed E-state index contributed by atoms with van der Waals surface area (Å²) in [6.45, 7) is 0.205. The Morgan fingerprint density at radius 2 is 1.90 bits per heavy atom. The average Bonchev–Trinajstić information content (AvgIpc) is 2.99. The molecule has 0 bridgehead atoms. The predicted octanol–water partition coefficient (Wildman–Crippen LogP) is 2.41. The first-order chi connectivity index (χ1) is 13.6. The number of benzene rings is 1. The van der Waals surface area contributed by atoms with Crippen LogP contribution in [0.1, 0.15) is 16.8 Å². The Morgan fingerprint density at radius 1 is 1.21 bits per heavy atom. The van der Waals surface area contributed by atoms with Crippen molar-refractivity contribution in [3.05, 3.63) is 48.3 Å². The molecule has 0 saturated carbocycles. The number of Topliss-reactive ketones (excluding diaryl/α,β-unsaturated/α-hetero) is 1. The Bertz CT molecular complexity index is 1040. The summed E-state index contributed by atoms with van der Waals surface area (Å²) >= 11 is -3.30. The van der Waals surface area contributed by atoms with Crippen LogP contribution in [0.3, 0.4) is 0 Å². The summed E-state index contributed by atoms with van der Waals surface area (Å²) in [4.78, 5) is 22.5. The molecular weight excluding hydrogens is 413 g/mol. The van der Waals surface area contributed by atoms with Crippen LogP contribution in [0.5, 0.6) is 0 Å². The molecule has 29 heavy (non-hydrogen) atoms. The fourth-order valence-electron chi connectivity index (χ4n) is 3.43. The first kappa shape index (κ1) is 19.5. The van der Waals surface area contributed by atoms with Gasteiger partial charge in [-0.1, -0.05) is 0 Å². The van der Waals surface area contributed by atoms with Gasteiger partial charge in [0.2, 0.25) is 5.78 Å². The lowest BCUT2D eigenvalue weighted by Crippen LogP contribution is -2.48. The molecule has 2 aromatic rings. The Hall–Kier alpha value is -2.83.